The average Bonchev–Trinajstić information content (AvgIpc) is 3.39. The molecule has 0 bridgehead atoms. The molecule has 0 aliphatic carbocycles. The zero-order valence-electron chi connectivity index (χ0n) is 15.4. The van der Waals surface area contributed by atoms with Crippen LogP contribution in [0.3, 0.4) is 0 Å². The highest BCUT2D eigenvalue weighted by molar-refractivity contribution is 8.17. The molecule has 27 heavy (non-hydrogen) atoms. The van der Waals surface area contributed by atoms with Gasteiger partial charge >= 0.3 is 0 Å². The van der Waals surface area contributed by atoms with Crippen molar-refractivity contribution in [2.75, 3.05) is 23.7 Å². The molecular formula is C17H23N5O2S3. The number of thioether (sulfide) groups is 1. The Morgan fingerprint density at radius 3 is 2.85 bits per heavy atom. The lowest BCUT2D eigenvalue weighted by molar-refractivity contribution is 0.488. The van der Waals surface area contributed by atoms with Crippen molar-refractivity contribution in [2.24, 2.45) is 0 Å². The van der Waals surface area contributed by atoms with Gasteiger partial charge in [0, 0.05) is 19.3 Å². The van der Waals surface area contributed by atoms with Gasteiger partial charge < -0.3 is 15.1 Å². The quantitative estimate of drug-likeness (QED) is 0.623. The Balaban J connectivity index is 1.47. The summed E-state index contributed by atoms with van der Waals surface area (Å²) < 4.78 is 29.0. The molecule has 2 aromatic heterocycles. The number of hydrogen-bond acceptors (Lipinski definition) is 8. The van der Waals surface area contributed by atoms with Gasteiger partial charge in [-0.25, -0.2) is 8.51 Å². The minimum absolute atomic E-state index is 0.541. The maximum atomic E-state index is 12.3. The van der Waals surface area contributed by atoms with Gasteiger partial charge in [-0.15, -0.1) is 0 Å². The molecule has 0 saturated carbocycles. The molecule has 0 radical (unpaired) electrons. The van der Waals surface area contributed by atoms with E-state index in [1.807, 2.05) is 29.6 Å². The highest BCUT2D eigenvalue weighted by atomic mass is 32.2. The molecule has 1 aliphatic rings. The first kappa shape index (κ1) is 20.1. The van der Waals surface area contributed by atoms with Gasteiger partial charge in [-0.05, 0) is 43.7 Å². The molecule has 3 heterocycles. The lowest BCUT2D eigenvalue weighted by atomic mass is 10.3. The molecule has 0 amide bonds. The summed E-state index contributed by atoms with van der Waals surface area (Å²) in [7, 11) is -1.13. The van der Waals surface area contributed by atoms with Crippen LogP contribution < -0.4 is 10.6 Å². The summed E-state index contributed by atoms with van der Waals surface area (Å²) in [5, 5.41) is 8.14. The van der Waals surface area contributed by atoms with Gasteiger partial charge in [-0.2, -0.15) is 8.75 Å². The second-order valence-electron chi connectivity index (χ2n) is 6.09. The number of hydrogen-bond donors (Lipinski definition) is 2. The third-order valence-corrected chi connectivity index (χ3v) is 7.12. The molecule has 2 aromatic rings. The summed E-state index contributed by atoms with van der Waals surface area (Å²) in [5.74, 6) is 3.09. The molecule has 2 N–H and O–H groups in total. The standard InChI is InChI=1S/C17H23N5O2S3/c1-12-10-15(24-13(12)2)11-19-17-16(20-26-21-17)18-6-9-25-14(3)27(23)22-7-4-5-8-22/h6,9-10H,3-5,7-8,11H2,1-2H3,(H,18,20)(H,19,21)/b9-6+. The van der Waals surface area contributed by atoms with Crippen LogP contribution >= 0.6 is 23.5 Å². The first-order chi connectivity index (χ1) is 13.0. The number of anilines is 2. The van der Waals surface area contributed by atoms with Crippen LogP contribution in [0.5, 0.6) is 0 Å². The van der Waals surface area contributed by atoms with Crippen molar-refractivity contribution in [2.45, 2.75) is 33.2 Å². The van der Waals surface area contributed by atoms with Crippen LogP contribution in [0, 0.1) is 13.8 Å². The maximum Gasteiger partial charge on any atom is 0.188 e. The van der Waals surface area contributed by atoms with Gasteiger partial charge in [-0.3, -0.25) is 0 Å². The summed E-state index contributed by atoms with van der Waals surface area (Å²) in [5.41, 5.74) is 1.13. The number of aryl methyl sites for hydroxylation is 2. The largest absolute Gasteiger partial charge is 0.464 e. The van der Waals surface area contributed by atoms with Crippen LogP contribution in [0.4, 0.5) is 11.6 Å². The topological polar surface area (TPSA) is 83.3 Å². The Morgan fingerprint density at radius 2 is 2.15 bits per heavy atom. The van der Waals surface area contributed by atoms with E-state index in [1.54, 1.807) is 6.20 Å². The van der Waals surface area contributed by atoms with Gasteiger partial charge in [0.25, 0.3) is 0 Å². The predicted molar refractivity (Wildman–Crippen MR) is 114 cm³/mol. The van der Waals surface area contributed by atoms with E-state index >= 15 is 0 Å². The van der Waals surface area contributed by atoms with E-state index in [0.717, 1.165) is 54.7 Å². The highest BCUT2D eigenvalue weighted by Crippen LogP contribution is 2.25. The van der Waals surface area contributed by atoms with Crippen molar-refractivity contribution in [1.82, 2.24) is 13.1 Å². The van der Waals surface area contributed by atoms with Crippen LogP contribution in [0.2, 0.25) is 0 Å². The lowest BCUT2D eigenvalue weighted by Gasteiger charge is -2.13. The molecule has 0 aromatic carbocycles. The summed E-state index contributed by atoms with van der Waals surface area (Å²) >= 11 is 2.48. The highest BCUT2D eigenvalue weighted by Gasteiger charge is 2.19. The van der Waals surface area contributed by atoms with E-state index in [2.05, 4.69) is 26.0 Å². The minimum Gasteiger partial charge on any atom is -0.464 e. The zero-order chi connectivity index (χ0) is 19.2. The summed E-state index contributed by atoms with van der Waals surface area (Å²) in [6, 6.07) is 2.01. The molecule has 1 atom stereocenters. The van der Waals surface area contributed by atoms with E-state index in [4.69, 9.17) is 4.42 Å². The predicted octanol–water partition coefficient (Wildman–Crippen LogP) is 4.21. The van der Waals surface area contributed by atoms with Gasteiger partial charge in [0.05, 0.1) is 22.5 Å². The van der Waals surface area contributed by atoms with Crippen molar-refractivity contribution in [1.29, 1.82) is 0 Å². The fraction of sp³-hybridized carbons (Fsp3) is 0.412. The number of furan rings is 1. The van der Waals surface area contributed by atoms with Crippen molar-refractivity contribution in [3.63, 3.8) is 0 Å². The van der Waals surface area contributed by atoms with E-state index < -0.39 is 11.0 Å². The van der Waals surface area contributed by atoms with Crippen LogP contribution in [0.1, 0.15) is 29.9 Å². The molecular weight excluding hydrogens is 402 g/mol. The Bertz CT molecular complexity index is 820. The fourth-order valence-electron chi connectivity index (χ4n) is 2.57. The lowest BCUT2D eigenvalue weighted by Crippen LogP contribution is -2.21. The molecule has 1 unspecified atom stereocenters. The molecule has 0 spiro atoms. The van der Waals surface area contributed by atoms with Gasteiger partial charge in [0.1, 0.15) is 22.5 Å². The monoisotopic (exact) mass is 425 g/mol. The summed E-state index contributed by atoms with van der Waals surface area (Å²) in [6.07, 6.45) is 3.95. The van der Waals surface area contributed by atoms with E-state index in [0.29, 0.717) is 22.4 Å². The second-order valence-corrected chi connectivity index (χ2v) is 9.38. The Hall–Kier alpha value is -1.62. The van der Waals surface area contributed by atoms with Crippen LogP contribution in [0.25, 0.3) is 0 Å². The number of nitrogens with zero attached hydrogens (tertiary/aromatic N) is 3. The Kier molecular flexibility index (Phi) is 7.11. The first-order valence-electron chi connectivity index (χ1n) is 8.61. The Morgan fingerprint density at radius 1 is 1.41 bits per heavy atom. The summed E-state index contributed by atoms with van der Waals surface area (Å²) in [4.78, 5) is 0. The molecule has 3 rings (SSSR count). The molecule has 1 saturated heterocycles. The van der Waals surface area contributed by atoms with Crippen molar-refractivity contribution in [3.8, 4) is 0 Å². The first-order valence-corrected chi connectivity index (χ1v) is 11.3. The number of rotatable bonds is 9. The van der Waals surface area contributed by atoms with E-state index in [9.17, 15) is 4.21 Å². The molecule has 1 aliphatic heterocycles. The smallest absolute Gasteiger partial charge is 0.188 e. The van der Waals surface area contributed by atoms with Crippen LogP contribution in [0.15, 0.2) is 32.9 Å². The molecule has 1 fully saturated rings. The Labute approximate surface area is 170 Å². The van der Waals surface area contributed by atoms with E-state index in [1.165, 1.54) is 11.8 Å². The minimum atomic E-state index is -1.13. The summed E-state index contributed by atoms with van der Waals surface area (Å²) in [6.45, 7) is 10.2. The molecule has 146 valence electrons. The zero-order valence-corrected chi connectivity index (χ0v) is 17.8. The van der Waals surface area contributed by atoms with Crippen molar-refractivity contribution >= 4 is 46.1 Å². The number of aromatic nitrogens is 2. The molecule has 10 heteroatoms. The van der Waals surface area contributed by atoms with Crippen molar-refractivity contribution in [3.05, 3.63) is 45.6 Å². The van der Waals surface area contributed by atoms with Crippen molar-refractivity contribution < 1.29 is 8.63 Å². The third-order valence-electron chi connectivity index (χ3n) is 4.12. The second kappa shape index (κ2) is 9.54. The SMILES string of the molecule is C=C(S/C=C/Nc1nsnc1NCc1cc(C)c(C)o1)S(=O)N1CCCC1. The average molecular weight is 426 g/mol. The van der Waals surface area contributed by atoms with E-state index in [-0.39, 0.29) is 0 Å². The van der Waals surface area contributed by atoms with Gasteiger partial charge in [-0.1, -0.05) is 18.3 Å². The third kappa shape index (κ3) is 5.44. The van der Waals surface area contributed by atoms with Gasteiger partial charge in [0.2, 0.25) is 0 Å². The van der Waals surface area contributed by atoms with Crippen LogP contribution in [-0.2, 0) is 17.5 Å². The fourth-order valence-corrected chi connectivity index (χ4v) is 5.04. The van der Waals surface area contributed by atoms with Gasteiger partial charge in [0.15, 0.2) is 11.6 Å². The molecule has 7 nitrogen and oxygen atoms in total. The van der Waals surface area contributed by atoms with Crippen LogP contribution in [-0.4, -0.2) is 30.4 Å². The normalized spacial score (nSPS) is 16.1. The number of nitrogens with one attached hydrogen (secondary N) is 2. The maximum absolute atomic E-state index is 12.3.